The van der Waals surface area contributed by atoms with E-state index in [2.05, 4.69) is 9.80 Å². The van der Waals surface area contributed by atoms with E-state index >= 15 is 0 Å². The quantitative estimate of drug-likeness (QED) is 0.752. The van der Waals surface area contributed by atoms with Crippen LogP contribution in [-0.2, 0) is 14.3 Å². The van der Waals surface area contributed by atoms with E-state index in [0.717, 1.165) is 11.1 Å². The minimum absolute atomic E-state index is 0.315. The molecule has 2 aromatic rings. The van der Waals surface area contributed by atoms with E-state index in [1.807, 2.05) is 42.5 Å². The third kappa shape index (κ3) is 4.52. The Morgan fingerprint density at radius 2 is 1.39 bits per heavy atom. The van der Waals surface area contributed by atoms with Gasteiger partial charge in [0.15, 0.2) is 0 Å². The first-order valence-corrected chi connectivity index (χ1v) is 9.54. The van der Waals surface area contributed by atoms with Gasteiger partial charge < -0.3 is 10.5 Å². The number of hydrogen-bond acceptors (Lipinski definition) is 5. The van der Waals surface area contributed by atoms with Crippen molar-refractivity contribution in [2.45, 2.75) is 12.1 Å². The minimum atomic E-state index is -0.506. The van der Waals surface area contributed by atoms with Crippen molar-refractivity contribution in [3.05, 3.63) is 70.7 Å². The molecule has 1 saturated heterocycles. The number of halogens is 1. The number of nitrogens with zero attached hydrogens (tertiary/aromatic N) is 2. The number of carbonyl (C=O) groups excluding carboxylic acids is 2. The molecule has 7 heteroatoms. The molecule has 3 rings (SSSR count). The normalized spacial score (nSPS) is 17.6. The first-order valence-electron chi connectivity index (χ1n) is 9.17. The molecule has 0 radical (unpaired) electrons. The second kappa shape index (κ2) is 9.19. The van der Waals surface area contributed by atoms with Crippen LogP contribution in [0.5, 0.6) is 0 Å². The maximum Gasteiger partial charge on any atom is 0.327 e. The Balaban J connectivity index is 1.75. The van der Waals surface area contributed by atoms with Gasteiger partial charge in [-0.1, -0.05) is 54.1 Å². The number of piperazine rings is 1. The number of methoxy groups -OCH3 is 1. The molecule has 148 valence electrons. The van der Waals surface area contributed by atoms with Crippen molar-refractivity contribution in [3.63, 3.8) is 0 Å². The van der Waals surface area contributed by atoms with Gasteiger partial charge in [0.25, 0.3) is 0 Å². The molecule has 0 aliphatic carbocycles. The molecule has 1 aliphatic heterocycles. The first kappa shape index (κ1) is 20.3. The lowest BCUT2D eigenvalue weighted by Gasteiger charge is -2.40. The van der Waals surface area contributed by atoms with Crippen molar-refractivity contribution < 1.29 is 14.3 Å². The number of hydrogen-bond donors (Lipinski definition) is 1. The largest absolute Gasteiger partial charge is 0.468 e. The molecule has 1 heterocycles. The zero-order valence-electron chi connectivity index (χ0n) is 15.8. The van der Waals surface area contributed by atoms with Gasteiger partial charge in [0, 0.05) is 31.2 Å². The predicted molar refractivity (Wildman–Crippen MR) is 108 cm³/mol. The average molecular weight is 402 g/mol. The molecule has 2 N–H and O–H groups in total. The average Bonchev–Trinajstić information content (AvgIpc) is 2.71. The molecule has 1 amide bonds. The van der Waals surface area contributed by atoms with Gasteiger partial charge in [-0.2, -0.15) is 0 Å². The van der Waals surface area contributed by atoms with Crippen LogP contribution in [0.25, 0.3) is 0 Å². The van der Waals surface area contributed by atoms with E-state index < -0.39 is 12.1 Å². The number of nitrogens with two attached hydrogens (primary N) is 1. The summed E-state index contributed by atoms with van der Waals surface area (Å²) in [6.07, 6.45) is 0. The minimum Gasteiger partial charge on any atom is -0.468 e. The van der Waals surface area contributed by atoms with Crippen LogP contribution in [0.3, 0.4) is 0 Å². The highest BCUT2D eigenvalue weighted by molar-refractivity contribution is 6.30. The molecule has 0 bridgehead atoms. The highest BCUT2D eigenvalue weighted by Gasteiger charge is 2.34. The van der Waals surface area contributed by atoms with Gasteiger partial charge in [0.1, 0.15) is 12.1 Å². The molecule has 28 heavy (non-hydrogen) atoms. The van der Waals surface area contributed by atoms with Crippen LogP contribution >= 0.6 is 11.6 Å². The Hall–Kier alpha value is -2.41. The molecule has 0 saturated carbocycles. The number of amides is 1. The smallest absolute Gasteiger partial charge is 0.327 e. The third-order valence-electron chi connectivity index (χ3n) is 5.07. The van der Waals surface area contributed by atoms with E-state index in [1.54, 1.807) is 12.1 Å². The van der Waals surface area contributed by atoms with E-state index in [4.69, 9.17) is 22.1 Å². The lowest BCUT2D eigenvalue weighted by atomic mass is 10.0. The SMILES string of the molecule is COC(=O)[C@H](c1ccc(Cl)cc1)N1CCN([C@H](C(N)=O)c2ccccc2)CC1. The van der Waals surface area contributed by atoms with Gasteiger partial charge in [-0.25, -0.2) is 4.79 Å². The fourth-order valence-electron chi connectivity index (χ4n) is 3.70. The monoisotopic (exact) mass is 401 g/mol. The molecule has 2 atom stereocenters. The number of carbonyl (C=O) groups is 2. The Labute approximate surface area is 169 Å². The first-order chi connectivity index (χ1) is 13.5. The van der Waals surface area contributed by atoms with Crippen molar-refractivity contribution in [1.82, 2.24) is 9.80 Å². The maximum atomic E-state index is 12.5. The predicted octanol–water partition coefficient (Wildman–Crippen LogP) is 2.40. The zero-order valence-corrected chi connectivity index (χ0v) is 16.5. The van der Waals surface area contributed by atoms with Gasteiger partial charge in [-0.05, 0) is 23.3 Å². The molecule has 1 fully saturated rings. The number of ether oxygens (including phenoxy) is 1. The van der Waals surface area contributed by atoms with E-state index in [9.17, 15) is 9.59 Å². The second-order valence-electron chi connectivity index (χ2n) is 6.76. The molecule has 1 aliphatic rings. The Bertz CT molecular complexity index is 805. The Kier molecular flexibility index (Phi) is 6.67. The van der Waals surface area contributed by atoms with Gasteiger partial charge in [0.2, 0.25) is 5.91 Å². The van der Waals surface area contributed by atoms with Crippen molar-refractivity contribution in [2.24, 2.45) is 5.73 Å². The lowest BCUT2D eigenvalue weighted by Crippen LogP contribution is -2.52. The summed E-state index contributed by atoms with van der Waals surface area (Å²) in [5, 5.41) is 0.615. The molecule has 0 aromatic heterocycles. The van der Waals surface area contributed by atoms with Crippen LogP contribution in [0.4, 0.5) is 0 Å². The van der Waals surface area contributed by atoms with Crippen LogP contribution in [0.15, 0.2) is 54.6 Å². The topological polar surface area (TPSA) is 75.9 Å². The number of rotatable bonds is 6. The molecule has 0 unspecified atom stereocenters. The number of primary amides is 1. The van der Waals surface area contributed by atoms with Crippen LogP contribution in [0.1, 0.15) is 23.2 Å². The molecular weight excluding hydrogens is 378 g/mol. The van der Waals surface area contributed by atoms with Crippen molar-refractivity contribution in [1.29, 1.82) is 0 Å². The van der Waals surface area contributed by atoms with Gasteiger partial charge in [-0.3, -0.25) is 14.6 Å². The summed E-state index contributed by atoms with van der Waals surface area (Å²) in [4.78, 5) is 28.7. The summed E-state index contributed by atoms with van der Waals surface area (Å²) >= 11 is 5.98. The van der Waals surface area contributed by atoms with Crippen LogP contribution in [-0.4, -0.2) is 55.0 Å². The summed E-state index contributed by atoms with van der Waals surface area (Å²) in [6.45, 7) is 2.45. The zero-order chi connectivity index (χ0) is 20.1. The fourth-order valence-corrected chi connectivity index (χ4v) is 3.82. The van der Waals surface area contributed by atoms with Crippen LogP contribution in [0, 0.1) is 0 Å². The molecule has 2 aromatic carbocycles. The summed E-state index contributed by atoms with van der Waals surface area (Å²) in [7, 11) is 1.39. The summed E-state index contributed by atoms with van der Waals surface area (Å²) in [6, 6.07) is 15.8. The van der Waals surface area contributed by atoms with Gasteiger partial charge in [0.05, 0.1) is 7.11 Å². The van der Waals surface area contributed by atoms with Crippen molar-refractivity contribution >= 4 is 23.5 Å². The van der Waals surface area contributed by atoms with Crippen molar-refractivity contribution in [2.75, 3.05) is 33.3 Å². The molecular formula is C21H24ClN3O3. The Morgan fingerprint density at radius 3 is 1.89 bits per heavy atom. The highest BCUT2D eigenvalue weighted by atomic mass is 35.5. The van der Waals surface area contributed by atoms with Crippen molar-refractivity contribution in [3.8, 4) is 0 Å². The van der Waals surface area contributed by atoms with E-state index in [0.29, 0.717) is 31.2 Å². The van der Waals surface area contributed by atoms with Crippen LogP contribution < -0.4 is 5.73 Å². The molecule has 0 spiro atoms. The standard InChI is InChI=1S/C21H24ClN3O3/c1-28-21(27)19(16-7-9-17(22)10-8-16)25-13-11-24(12-14-25)18(20(23)26)15-5-3-2-4-6-15/h2-10,18-19H,11-14H2,1H3,(H2,23,26)/t18-,19-/m0/s1. The van der Waals surface area contributed by atoms with Gasteiger partial charge in [-0.15, -0.1) is 0 Å². The number of esters is 1. The lowest BCUT2D eigenvalue weighted by molar-refractivity contribution is -0.148. The van der Waals surface area contributed by atoms with E-state index in [-0.39, 0.29) is 11.9 Å². The highest BCUT2D eigenvalue weighted by Crippen LogP contribution is 2.28. The van der Waals surface area contributed by atoms with Crippen LogP contribution in [0.2, 0.25) is 5.02 Å². The number of benzene rings is 2. The fraction of sp³-hybridized carbons (Fsp3) is 0.333. The summed E-state index contributed by atoms with van der Waals surface area (Å²) in [5.74, 6) is -0.688. The second-order valence-corrected chi connectivity index (χ2v) is 7.20. The summed E-state index contributed by atoms with van der Waals surface area (Å²) < 4.78 is 5.03. The summed E-state index contributed by atoms with van der Waals surface area (Å²) in [5.41, 5.74) is 7.40. The van der Waals surface area contributed by atoms with Gasteiger partial charge >= 0.3 is 5.97 Å². The third-order valence-corrected chi connectivity index (χ3v) is 5.33. The maximum absolute atomic E-state index is 12.5. The molecule has 6 nitrogen and oxygen atoms in total. The van der Waals surface area contributed by atoms with E-state index in [1.165, 1.54) is 7.11 Å². The Morgan fingerprint density at radius 1 is 0.893 bits per heavy atom.